The number of hydrogen-bond acceptors (Lipinski definition) is 5. The number of nitrogens with zero attached hydrogens (tertiary/aromatic N) is 2. The highest BCUT2D eigenvalue weighted by Gasteiger charge is 2.22. The third-order valence-corrected chi connectivity index (χ3v) is 6.67. The van der Waals surface area contributed by atoms with Crippen molar-refractivity contribution in [2.24, 2.45) is 0 Å². The summed E-state index contributed by atoms with van der Waals surface area (Å²) in [6.45, 7) is 5.95. The van der Waals surface area contributed by atoms with E-state index < -0.39 is 9.84 Å². The summed E-state index contributed by atoms with van der Waals surface area (Å²) in [5, 5.41) is 0. The van der Waals surface area contributed by atoms with E-state index >= 15 is 0 Å². The molecule has 3 rings (SSSR count). The second-order valence-corrected chi connectivity index (χ2v) is 9.00. The van der Waals surface area contributed by atoms with Crippen LogP contribution < -0.4 is 4.74 Å². The van der Waals surface area contributed by atoms with E-state index in [1.807, 2.05) is 35.2 Å². The Kier molecular flexibility index (Phi) is 6.70. The van der Waals surface area contributed by atoms with Gasteiger partial charge in [0.25, 0.3) is 5.91 Å². The van der Waals surface area contributed by atoms with Crippen molar-refractivity contribution in [3.63, 3.8) is 0 Å². The molecule has 0 aromatic heterocycles. The van der Waals surface area contributed by atoms with Crippen molar-refractivity contribution >= 4 is 15.7 Å². The normalized spacial score (nSPS) is 15.4. The smallest absolute Gasteiger partial charge is 0.253 e. The number of hydrogen-bond donors (Lipinski definition) is 0. The molecule has 1 aliphatic rings. The van der Waals surface area contributed by atoms with Crippen LogP contribution in [0.15, 0.2) is 59.5 Å². The zero-order chi connectivity index (χ0) is 20.0. The third-order valence-electron chi connectivity index (χ3n) is 4.92. The predicted molar refractivity (Wildman–Crippen MR) is 108 cm³/mol. The first-order valence-corrected chi connectivity index (χ1v) is 11.2. The minimum Gasteiger partial charge on any atom is -0.492 e. The fourth-order valence-corrected chi connectivity index (χ4v) is 4.02. The minimum absolute atomic E-state index is 0.0518. The Morgan fingerprint density at radius 3 is 2.21 bits per heavy atom. The van der Waals surface area contributed by atoms with Gasteiger partial charge in [0.2, 0.25) is 0 Å². The lowest BCUT2D eigenvalue weighted by Crippen LogP contribution is -2.49. The highest BCUT2D eigenvalue weighted by molar-refractivity contribution is 7.91. The average Bonchev–Trinajstić information content (AvgIpc) is 2.74. The summed E-state index contributed by atoms with van der Waals surface area (Å²) < 4.78 is 29.5. The first-order valence-electron chi connectivity index (χ1n) is 9.52. The molecule has 0 aliphatic carbocycles. The van der Waals surface area contributed by atoms with E-state index in [1.54, 1.807) is 19.1 Å². The number of piperazine rings is 1. The summed E-state index contributed by atoms with van der Waals surface area (Å²) in [6.07, 6.45) is 0. The van der Waals surface area contributed by atoms with E-state index in [0.717, 1.165) is 25.4 Å². The van der Waals surface area contributed by atoms with Gasteiger partial charge in [0.15, 0.2) is 9.84 Å². The highest BCUT2D eigenvalue weighted by atomic mass is 32.2. The zero-order valence-corrected chi connectivity index (χ0v) is 16.9. The molecule has 0 saturated carbocycles. The number of rotatable bonds is 7. The number of para-hydroxylation sites is 1. The topological polar surface area (TPSA) is 66.9 Å². The fraction of sp³-hybridized carbons (Fsp3) is 0.381. The Morgan fingerprint density at radius 2 is 1.61 bits per heavy atom. The van der Waals surface area contributed by atoms with Gasteiger partial charge in [-0.25, -0.2) is 8.42 Å². The van der Waals surface area contributed by atoms with Gasteiger partial charge in [-0.2, -0.15) is 0 Å². The summed E-state index contributed by atoms with van der Waals surface area (Å²) in [6, 6.07) is 16.0. The van der Waals surface area contributed by atoms with Crippen molar-refractivity contribution in [1.29, 1.82) is 0 Å². The number of carbonyl (C=O) groups excluding carboxylic acids is 1. The Morgan fingerprint density at radius 1 is 0.964 bits per heavy atom. The molecule has 6 nitrogen and oxygen atoms in total. The first kappa shape index (κ1) is 20.4. The van der Waals surface area contributed by atoms with Gasteiger partial charge in [0, 0.05) is 38.3 Å². The summed E-state index contributed by atoms with van der Waals surface area (Å²) in [5.41, 5.74) is 0.524. The number of amides is 1. The van der Waals surface area contributed by atoms with Gasteiger partial charge in [0.05, 0.1) is 10.6 Å². The molecule has 0 bridgehead atoms. The molecule has 1 heterocycles. The van der Waals surface area contributed by atoms with Crippen molar-refractivity contribution in [3.8, 4) is 5.75 Å². The molecule has 0 spiro atoms. The van der Waals surface area contributed by atoms with Crippen molar-refractivity contribution < 1.29 is 17.9 Å². The van der Waals surface area contributed by atoms with E-state index in [0.29, 0.717) is 25.3 Å². The molecule has 2 aromatic rings. The zero-order valence-electron chi connectivity index (χ0n) is 16.1. The maximum Gasteiger partial charge on any atom is 0.253 e. The monoisotopic (exact) mass is 402 g/mol. The lowest BCUT2D eigenvalue weighted by atomic mass is 10.2. The number of carbonyl (C=O) groups is 1. The first-order chi connectivity index (χ1) is 13.5. The third kappa shape index (κ3) is 5.11. The average molecular weight is 403 g/mol. The maximum atomic E-state index is 12.7. The van der Waals surface area contributed by atoms with E-state index in [1.165, 1.54) is 12.1 Å². The Balaban J connectivity index is 1.47. The molecule has 0 unspecified atom stereocenters. The molecule has 0 atom stereocenters. The molecule has 150 valence electrons. The van der Waals surface area contributed by atoms with Crippen molar-refractivity contribution in [1.82, 2.24) is 9.80 Å². The molecular formula is C21H26N2O4S. The van der Waals surface area contributed by atoms with E-state index in [9.17, 15) is 13.2 Å². The van der Waals surface area contributed by atoms with Crippen LogP contribution in [0.25, 0.3) is 0 Å². The molecule has 0 N–H and O–H groups in total. The van der Waals surface area contributed by atoms with Gasteiger partial charge < -0.3 is 9.64 Å². The molecule has 1 saturated heterocycles. The van der Waals surface area contributed by atoms with Crippen LogP contribution in [-0.2, 0) is 9.84 Å². The van der Waals surface area contributed by atoms with Gasteiger partial charge in [-0.3, -0.25) is 9.69 Å². The van der Waals surface area contributed by atoms with Gasteiger partial charge in [-0.15, -0.1) is 0 Å². The summed E-state index contributed by atoms with van der Waals surface area (Å²) in [4.78, 5) is 17.0. The molecular weight excluding hydrogens is 376 g/mol. The number of benzene rings is 2. The van der Waals surface area contributed by atoms with Crippen LogP contribution in [0, 0.1) is 0 Å². The molecule has 7 heteroatoms. The largest absolute Gasteiger partial charge is 0.492 e. The van der Waals surface area contributed by atoms with Gasteiger partial charge in [0.1, 0.15) is 12.4 Å². The Labute approximate surface area is 166 Å². The summed E-state index contributed by atoms with van der Waals surface area (Å²) in [7, 11) is -3.25. The van der Waals surface area contributed by atoms with Crippen LogP contribution in [0.5, 0.6) is 5.75 Å². The quantitative estimate of drug-likeness (QED) is 0.711. The van der Waals surface area contributed by atoms with E-state index in [4.69, 9.17) is 4.74 Å². The molecule has 2 aromatic carbocycles. The van der Waals surface area contributed by atoms with Crippen LogP contribution in [0.4, 0.5) is 0 Å². The Hall–Kier alpha value is -2.38. The summed E-state index contributed by atoms with van der Waals surface area (Å²) in [5.74, 6) is 0.862. The molecule has 28 heavy (non-hydrogen) atoms. The number of sulfone groups is 1. The highest BCUT2D eigenvalue weighted by Crippen LogP contribution is 2.15. The SMILES string of the molecule is CCS(=O)(=O)c1ccc(C(=O)N2CCN(CCOc3ccccc3)CC2)cc1. The summed E-state index contributed by atoms with van der Waals surface area (Å²) >= 11 is 0. The van der Waals surface area contributed by atoms with Crippen LogP contribution in [-0.4, -0.2) is 69.2 Å². The lowest BCUT2D eigenvalue weighted by molar-refractivity contribution is 0.0620. The van der Waals surface area contributed by atoms with E-state index in [-0.39, 0.29) is 16.6 Å². The van der Waals surface area contributed by atoms with Crippen LogP contribution in [0.2, 0.25) is 0 Å². The fourth-order valence-electron chi connectivity index (χ4n) is 3.14. The van der Waals surface area contributed by atoms with E-state index in [2.05, 4.69) is 4.90 Å². The van der Waals surface area contributed by atoms with Crippen LogP contribution in [0.1, 0.15) is 17.3 Å². The van der Waals surface area contributed by atoms with Crippen LogP contribution in [0.3, 0.4) is 0 Å². The molecule has 1 aliphatic heterocycles. The molecule has 1 amide bonds. The van der Waals surface area contributed by atoms with Gasteiger partial charge in [-0.1, -0.05) is 25.1 Å². The van der Waals surface area contributed by atoms with Crippen molar-refractivity contribution in [2.45, 2.75) is 11.8 Å². The standard InChI is InChI=1S/C21H26N2O4S/c1-2-28(25,26)20-10-8-18(9-11-20)21(24)23-14-12-22(13-15-23)16-17-27-19-6-4-3-5-7-19/h3-11H,2,12-17H2,1H3. The van der Waals surface area contributed by atoms with Crippen molar-refractivity contribution in [3.05, 3.63) is 60.2 Å². The maximum absolute atomic E-state index is 12.7. The molecule has 1 fully saturated rings. The van der Waals surface area contributed by atoms with Gasteiger partial charge in [-0.05, 0) is 36.4 Å². The predicted octanol–water partition coefficient (Wildman–Crippen LogP) is 2.32. The van der Waals surface area contributed by atoms with Gasteiger partial charge >= 0.3 is 0 Å². The van der Waals surface area contributed by atoms with Crippen LogP contribution >= 0.6 is 0 Å². The Bertz CT molecular complexity index is 874. The number of ether oxygens (including phenoxy) is 1. The minimum atomic E-state index is -3.25. The second kappa shape index (κ2) is 9.21. The lowest BCUT2D eigenvalue weighted by Gasteiger charge is -2.34. The second-order valence-electron chi connectivity index (χ2n) is 6.72. The van der Waals surface area contributed by atoms with Crippen molar-refractivity contribution in [2.75, 3.05) is 45.1 Å². The molecule has 0 radical (unpaired) electrons.